The summed E-state index contributed by atoms with van der Waals surface area (Å²) < 4.78 is 0. The maximum atomic E-state index is 6.12. The highest BCUT2D eigenvalue weighted by Crippen LogP contribution is 2.31. The molecule has 1 aromatic rings. The number of hydrogen-bond donors (Lipinski definition) is 1. The van der Waals surface area contributed by atoms with Crippen LogP contribution in [0.25, 0.3) is 6.08 Å². The number of nitrogens with one attached hydrogen (secondary N) is 1. The fraction of sp³-hybridized carbons (Fsp3) is 0.556. The zero-order valence-corrected chi connectivity index (χ0v) is 14.5. The molecule has 0 spiro atoms. The van der Waals surface area contributed by atoms with Gasteiger partial charge in [0.2, 0.25) is 0 Å². The van der Waals surface area contributed by atoms with Gasteiger partial charge in [0.05, 0.1) is 0 Å². The van der Waals surface area contributed by atoms with Crippen molar-refractivity contribution in [1.29, 1.82) is 0 Å². The highest BCUT2D eigenvalue weighted by atomic mass is 35.5. The van der Waals surface area contributed by atoms with Gasteiger partial charge in [-0.05, 0) is 42.5 Å². The molecule has 1 aromatic carbocycles. The summed E-state index contributed by atoms with van der Waals surface area (Å²) >= 11 is 12.2. The van der Waals surface area contributed by atoms with Crippen molar-refractivity contribution in [2.24, 2.45) is 5.92 Å². The molecule has 1 N–H and O–H groups in total. The molecule has 116 valence electrons. The van der Waals surface area contributed by atoms with E-state index in [1.54, 1.807) is 6.07 Å². The SMILES string of the molecule is CC(C)NC/C(=C/c1cc(Cl)cc(Cl)c1)C1CCCCC1. The third-order valence-electron chi connectivity index (χ3n) is 4.08. The lowest BCUT2D eigenvalue weighted by molar-refractivity contribution is 0.394. The molecule has 1 aliphatic rings. The van der Waals surface area contributed by atoms with Crippen LogP contribution in [0.2, 0.25) is 10.0 Å². The molecule has 1 saturated carbocycles. The Morgan fingerprint density at radius 2 is 1.76 bits per heavy atom. The Balaban J connectivity index is 2.21. The second kappa shape index (κ2) is 8.22. The summed E-state index contributed by atoms with van der Waals surface area (Å²) in [5.41, 5.74) is 2.60. The predicted octanol–water partition coefficient (Wildman–Crippen LogP) is 5.96. The highest BCUT2D eigenvalue weighted by molar-refractivity contribution is 6.34. The first-order valence-corrected chi connectivity index (χ1v) is 8.70. The van der Waals surface area contributed by atoms with Crippen molar-refractivity contribution in [3.8, 4) is 0 Å². The van der Waals surface area contributed by atoms with Gasteiger partial charge < -0.3 is 5.32 Å². The van der Waals surface area contributed by atoms with Gasteiger partial charge in [-0.1, -0.05) is 68.0 Å². The fourth-order valence-corrected chi connectivity index (χ4v) is 3.52. The minimum Gasteiger partial charge on any atom is -0.311 e. The Labute approximate surface area is 138 Å². The van der Waals surface area contributed by atoms with Crippen molar-refractivity contribution >= 4 is 29.3 Å². The second-order valence-corrected chi connectivity index (χ2v) is 7.17. The Morgan fingerprint density at radius 3 is 2.33 bits per heavy atom. The summed E-state index contributed by atoms with van der Waals surface area (Å²) in [5.74, 6) is 0.697. The van der Waals surface area contributed by atoms with Gasteiger partial charge in [0.25, 0.3) is 0 Å². The Kier molecular flexibility index (Phi) is 6.60. The van der Waals surface area contributed by atoms with Crippen LogP contribution in [0.4, 0.5) is 0 Å². The number of benzene rings is 1. The van der Waals surface area contributed by atoms with Crippen molar-refractivity contribution < 1.29 is 0 Å². The van der Waals surface area contributed by atoms with Crippen LogP contribution in [-0.4, -0.2) is 12.6 Å². The first-order valence-electron chi connectivity index (χ1n) is 7.94. The van der Waals surface area contributed by atoms with Crippen molar-refractivity contribution in [3.63, 3.8) is 0 Å². The lowest BCUT2D eigenvalue weighted by Gasteiger charge is -2.26. The van der Waals surface area contributed by atoms with E-state index < -0.39 is 0 Å². The molecule has 0 atom stereocenters. The van der Waals surface area contributed by atoms with E-state index >= 15 is 0 Å². The first-order chi connectivity index (χ1) is 10.0. The van der Waals surface area contributed by atoms with Gasteiger partial charge in [-0.25, -0.2) is 0 Å². The predicted molar refractivity (Wildman–Crippen MR) is 94.2 cm³/mol. The van der Waals surface area contributed by atoms with E-state index in [2.05, 4.69) is 25.2 Å². The van der Waals surface area contributed by atoms with Crippen LogP contribution in [0.3, 0.4) is 0 Å². The van der Waals surface area contributed by atoms with Gasteiger partial charge in [0.15, 0.2) is 0 Å². The lowest BCUT2D eigenvalue weighted by Crippen LogP contribution is -2.27. The van der Waals surface area contributed by atoms with E-state index in [9.17, 15) is 0 Å². The van der Waals surface area contributed by atoms with E-state index in [1.165, 1.54) is 37.7 Å². The number of halogens is 2. The van der Waals surface area contributed by atoms with Gasteiger partial charge in [-0.3, -0.25) is 0 Å². The van der Waals surface area contributed by atoms with Crippen molar-refractivity contribution in [2.45, 2.75) is 52.0 Å². The average Bonchev–Trinajstić information content (AvgIpc) is 2.43. The molecule has 0 radical (unpaired) electrons. The van der Waals surface area contributed by atoms with Gasteiger partial charge in [0, 0.05) is 22.6 Å². The van der Waals surface area contributed by atoms with Gasteiger partial charge >= 0.3 is 0 Å². The average molecular weight is 326 g/mol. The van der Waals surface area contributed by atoms with Crippen molar-refractivity contribution in [3.05, 3.63) is 39.4 Å². The molecule has 21 heavy (non-hydrogen) atoms. The smallest absolute Gasteiger partial charge is 0.0426 e. The van der Waals surface area contributed by atoms with Crippen LogP contribution in [0.1, 0.15) is 51.5 Å². The van der Waals surface area contributed by atoms with Crippen LogP contribution in [0.15, 0.2) is 23.8 Å². The van der Waals surface area contributed by atoms with E-state index in [1.807, 2.05) is 12.1 Å². The topological polar surface area (TPSA) is 12.0 Å². The Hall–Kier alpha value is -0.500. The van der Waals surface area contributed by atoms with E-state index in [4.69, 9.17) is 23.2 Å². The third kappa shape index (κ3) is 5.65. The van der Waals surface area contributed by atoms with Crippen LogP contribution in [0.5, 0.6) is 0 Å². The van der Waals surface area contributed by atoms with Crippen LogP contribution in [-0.2, 0) is 0 Å². The molecule has 0 bridgehead atoms. The highest BCUT2D eigenvalue weighted by Gasteiger charge is 2.18. The van der Waals surface area contributed by atoms with E-state index in [-0.39, 0.29) is 0 Å². The normalized spacial score (nSPS) is 17.5. The molecular formula is C18H25Cl2N. The molecule has 3 heteroatoms. The molecule has 1 fully saturated rings. The summed E-state index contributed by atoms with van der Waals surface area (Å²) in [4.78, 5) is 0. The fourth-order valence-electron chi connectivity index (χ4n) is 2.98. The molecule has 1 aliphatic carbocycles. The van der Waals surface area contributed by atoms with E-state index in [0.29, 0.717) is 22.0 Å². The third-order valence-corrected chi connectivity index (χ3v) is 4.52. The first kappa shape index (κ1) is 16.9. The molecule has 0 saturated heterocycles. The van der Waals surface area contributed by atoms with E-state index in [0.717, 1.165) is 12.1 Å². The quantitative estimate of drug-likeness (QED) is 0.704. The molecule has 0 aliphatic heterocycles. The standard InChI is InChI=1S/C18H25Cl2N/c1-13(2)21-12-16(15-6-4-3-5-7-15)8-14-9-17(19)11-18(20)10-14/h8-11,13,15,21H,3-7,12H2,1-2H3/b16-8-. The van der Waals surface area contributed by atoms with Crippen LogP contribution in [0, 0.1) is 5.92 Å². The molecular weight excluding hydrogens is 301 g/mol. The molecule has 0 heterocycles. The largest absolute Gasteiger partial charge is 0.311 e. The minimum atomic E-state index is 0.500. The summed E-state index contributed by atoms with van der Waals surface area (Å²) in [7, 11) is 0. The summed E-state index contributed by atoms with van der Waals surface area (Å²) in [6.07, 6.45) is 8.97. The maximum Gasteiger partial charge on any atom is 0.0426 e. The van der Waals surface area contributed by atoms with Gasteiger partial charge in [-0.2, -0.15) is 0 Å². The van der Waals surface area contributed by atoms with Crippen LogP contribution < -0.4 is 5.32 Å². The van der Waals surface area contributed by atoms with Crippen molar-refractivity contribution in [1.82, 2.24) is 5.32 Å². The Bertz CT molecular complexity index is 468. The minimum absolute atomic E-state index is 0.500. The van der Waals surface area contributed by atoms with Crippen molar-refractivity contribution in [2.75, 3.05) is 6.54 Å². The molecule has 0 amide bonds. The summed E-state index contributed by atoms with van der Waals surface area (Å²) in [6, 6.07) is 6.27. The maximum absolute atomic E-state index is 6.12. The molecule has 1 nitrogen and oxygen atoms in total. The zero-order chi connectivity index (χ0) is 15.2. The Morgan fingerprint density at radius 1 is 1.14 bits per heavy atom. The summed E-state index contributed by atoms with van der Waals surface area (Å²) in [6.45, 7) is 5.33. The molecule has 0 unspecified atom stereocenters. The lowest BCUT2D eigenvalue weighted by atomic mass is 9.83. The van der Waals surface area contributed by atoms with Gasteiger partial charge in [-0.15, -0.1) is 0 Å². The molecule has 2 rings (SSSR count). The monoisotopic (exact) mass is 325 g/mol. The number of hydrogen-bond acceptors (Lipinski definition) is 1. The number of rotatable bonds is 5. The zero-order valence-electron chi connectivity index (χ0n) is 13.0. The molecule has 0 aromatic heterocycles. The second-order valence-electron chi connectivity index (χ2n) is 6.29. The summed E-state index contributed by atoms with van der Waals surface area (Å²) in [5, 5.41) is 4.96. The van der Waals surface area contributed by atoms with Gasteiger partial charge in [0.1, 0.15) is 0 Å². The van der Waals surface area contributed by atoms with Crippen LogP contribution >= 0.6 is 23.2 Å².